The summed E-state index contributed by atoms with van der Waals surface area (Å²) in [6.07, 6.45) is 3.09. The summed E-state index contributed by atoms with van der Waals surface area (Å²) in [4.78, 5) is 16.9. The molecule has 0 spiro atoms. The van der Waals surface area contributed by atoms with Gasteiger partial charge in [-0.05, 0) is 28.1 Å². The van der Waals surface area contributed by atoms with Crippen molar-refractivity contribution in [2.45, 2.75) is 11.4 Å². The monoisotopic (exact) mass is 310 g/mol. The predicted octanol–water partition coefficient (Wildman–Crippen LogP) is 2.80. The zero-order valence-corrected chi connectivity index (χ0v) is 11.4. The molecule has 0 unspecified atom stereocenters. The standard InChI is InChI=1S/C12H11BrN2OS/c13-11-8-14-9-15(12(11)16)6-7-17-10-4-2-1-3-5-10/h1-5,8-9H,6-7H2. The Kier molecular flexibility index (Phi) is 4.39. The number of hydrogen-bond donors (Lipinski definition) is 0. The van der Waals surface area contributed by atoms with Crippen molar-refractivity contribution >= 4 is 27.7 Å². The van der Waals surface area contributed by atoms with Crippen LogP contribution in [0.5, 0.6) is 0 Å². The van der Waals surface area contributed by atoms with Crippen LogP contribution >= 0.6 is 27.7 Å². The van der Waals surface area contributed by atoms with Crippen molar-refractivity contribution < 1.29 is 0 Å². The minimum Gasteiger partial charge on any atom is -0.297 e. The average Bonchev–Trinajstić information content (AvgIpc) is 2.36. The van der Waals surface area contributed by atoms with E-state index in [0.717, 1.165) is 5.75 Å². The first-order chi connectivity index (χ1) is 8.27. The fourth-order valence-corrected chi connectivity index (χ4v) is 2.58. The van der Waals surface area contributed by atoms with Gasteiger partial charge in [-0.25, -0.2) is 4.98 Å². The van der Waals surface area contributed by atoms with Crippen LogP contribution in [-0.2, 0) is 6.54 Å². The quantitative estimate of drug-likeness (QED) is 0.815. The molecule has 0 aliphatic carbocycles. The molecule has 88 valence electrons. The molecule has 0 saturated heterocycles. The molecule has 1 aromatic heterocycles. The van der Waals surface area contributed by atoms with E-state index in [9.17, 15) is 4.79 Å². The largest absolute Gasteiger partial charge is 0.297 e. The van der Waals surface area contributed by atoms with E-state index in [1.807, 2.05) is 18.2 Å². The van der Waals surface area contributed by atoms with E-state index >= 15 is 0 Å². The first kappa shape index (κ1) is 12.4. The summed E-state index contributed by atoms with van der Waals surface area (Å²) >= 11 is 4.91. The van der Waals surface area contributed by atoms with Gasteiger partial charge in [0.1, 0.15) is 4.47 Å². The molecule has 0 bridgehead atoms. The molecule has 0 amide bonds. The van der Waals surface area contributed by atoms with Crippen LogP contribution in [0.25, 0.3) is 0 Å². The number of rotatable bonds is 4. The van der Waals surface area contributed by atoms with Gasteiger partial charge in [0.25, 0.3) is 5.56 Å². The summed E-state index contributed by atoms with van der Waals surface area (Å²) in [5, 5.41) is 0. The lowest BCUT2D eigenvalue weighted by molar-refractivity contribution is 0.709. The van der Waals surface area contributed by atoms with Crippen LogP contribution in [0.1, 0.15) is 0 Å². The third-order valence-corrected chi connectivity index (χ3v) is 3.74. The van der Waals surface area contributed by atoms with Gasteiger partial charge in [0.15, 0.2) is 0 Å². The Hall–Kier alpha value is -1.07. The van der Waals surface area contributed by atoms with E-state index in [-0.39, 0.29) is 5.56 Å². The molecule has 1 heterocycles. The number of hydrogen-bond acceptors (Lipinski definition) is 3. The highest BCUT2D eigenvalue weighted by Crippen LogP contribution is 2.16. The maximum atomic E-state index is 11.7. The zero-order chi connectivity index (χ0) is 12.1. The summed E-state index contributed by atoms with van der Waals surface area (Å²) in [7, 11) is 0. The Labute approximate surface area is 112 Å². The molecule has 0 saturated carbocycles. The van der Waals surface area contributed by atoms with Crippen LogP contribution in [0, 0.1) is 0 Å². The molecular formula is C12H11BrN2OS. The van der Waals surface area contributed by atoms with E-state index in [2.05, 4.69) is 33.0 Å². The lowest BCUT2D eigenvalue weighted by Crippen LogP contribution is -2.21. The molecule has 5 heteroatoms. The highest BCUT2D eigenvalue weighted by atomic mass is 79.9. The van der Waals surface area contributed by atoms with Crippen molar-refractivity contribution in [3.8, 4) is 0 Å². The van der Waals surface area contributed by atoms with Crippen LogP contribution < -0.4 is 5.56 Å². The number of aryl methyl sites for hydroxylation is 1. The van der Waals surface area contributed by atoms with Crippen LogP contribution in [0.2, 0.25) is 0 Å². The molecule has 0 atom stereocenters. The second kappa shape index (κ2) is 6.02. The first-order valence-corrected chi connectivity index (χ1v) is 6.93. The predicted molar refractivity (Wildman–Crippen MR) is 73.4 cm³/mol. The van der Waals surface area contributed by atoms with E-state index in [4.69, 9.17) is 0 Å². The Bertz CT molecular complexity index is 542. The highest BCUT2D eigenvalue weighted by molar-refractivity contribution is 9.10. The van der Waals surface area contributed by atoms with Gasteiger partial charge in [-0.15, -0.1) is 11.8 Å². The smallest absolute Gasteiger partial charge is 0.267 e. The molecular weight excluding hydrogens is 300 g/mol. The maximum absolute atomic E-state index is 11.7. The van der Waals surface area contributed by atoms with Gasteiger partial charge < -0.3 is 0 Å². The third kappa shape index (κ3) is 3.44. The number of aromatic nitrogens is 2. The summed E-state index contributed by atoms with van der Waals surface area (Å²) in [6, 6.07) is 10.1. The second-order valence-corrected chi connectivity index (χ2v) is 5.42. The van der Waals surface area contributed by atoms with E-state index in [1.54, 1.807) is 22.7 Å². The lowest BCUT2D eigenvalue weighted by Gasteiger charge is -2.05. The lowest BCUT2D eigenvalue weighted by atomic mass is 10.4. The third-order valence-electron chi connectivity index (χ3n) is 2.20. The van der Waals surface area contributed by atoms with E-state index < -0.39 is 0 Å². The van der Waals surface area contributed by atoms with Gasteiger partial charge in [0.05, 0.1) is 6.33 Å². The van der Waals surface area contributed by atoms with Gasteiger partial charge in [-0.1, -0.05) is 18.2 Å². The molecule has 0 aliphatic rings. The summed E-state index contributed by atoms with van der Waals surface area (Å²) < 4.78 is 2.12. The van der Waals surface area contributed by atoms with E-state index in [1.165, 1.54) is 11.1 Å². The minimum atomic E-state index is -0.0336. The second-order valence-electron chi connectivity index (χ2n) is 3.40. The minimum absolute atomic E-state index is 0.0336. The maximum Gasteiger partial charge on any atom is 0.267 e. The van der Waals surface area contributed by atoms with Gasteiger partial charge in [0.2, 0.25) is 0 Å². The summed E-state index contributed by atoms with van der Waals surface area (Å²) in [5.74, 6) is 0.849. The molecule has 1 aromatic carbocycles. The molecule has 0 radical (unpaired) electrons. The van der Waals surface area contributed by atoms with Crippen LogP contribution in [-0.4, -0.2) is 15.3 Å². The molecule has 2 aromatic rings. The van der Waals surface area contributed by atoms with Crippen molar-refractivity contribution in [2.75, 3.05) is 5.75 Å². The van der Waals surface area contributed by atoms with E-state index in [0.29, 0.717) is 11.0 Å². The molecule has 3 nitrogen and oxygen atoms in total. The van der Waals surface area contributed by atoms with Gasteiger partial charge in [0, 0.05) is 23.4 Å². The topological polar surface area (TPSA) is 34.9 Å². The summed E-state index contributed by atoms with van der Waals surface area (Å²) in [6.45, 7) is 0.658. The normalized spacial score (nSPS) is 10.4. The molecule has 2 rings (SSSR count). The average molecular weight is 311 g/mol. The highest BCUT2D eigenvalue weighted by Gasteiger charge is 2.00. The van der Waals surface area contributed by atoms with Crippen molar-refractivity contribution in [3.05, 3.63) is 57.7 Å². The zero-order valence-electron chi connectivity index (χ0n) is 9.04. The SMILES string of the molecule is O=c1c(Br)cncn1CCSc1ccccc1. The van der Waals surface area contributed by atoms with Crippen LogP contribution in [0.15, 0.2) is 57.0 Å². The van der Waals surface area contributed by atoms with Crippen LogP contribution in [0.3, 0.4) is 0 Å². The number of halogens is 1. The van der Waals surface area contributed by atoms with Crippen molar-refractivity contribution in [1.82, 2.24) is 9.55 Å². The molecule has 0 N–H and O–H groups in total. The Morgan fingerprint density at radius 2 is 2.06 bits per heavy atom. The van der Waals surface area contributed by atoms with Crippen LogP contribution in [0.4, 0.5) is 0 Å². The number of thioether (sulfide) groups is 1. The number of benzene rings is 1. The van der Waals surface area contributed by atoms with Gasteiger partial charge in [-0.3, -0.25) is 9.36 Å². The molecule has 17 heavy (non-hydrogen) atoms. The molecule has 0 aliphatic heterocycles. The van der Waals surface area contributed by atoms with Crippen molar-refractivity contribution in [1.29, 1.82) is 0 Å². The van der Waals surface area contributed by atoms with Crippen molar-refractivity contribution in [2.24, 2.45) is 0 Å². The molecule has 0 fully saturated rings. The van der Waals surface area contributed by atoms with Gasteiger partial charge >= 0.3 is 0 Å². The Morgan fingerprint density at radius 3 is 2.82 bits per heavy atom. The fraction of sp³-hybridized carbons (Fsp3) is 0.167. The van der Waals surface area contributed by atoms with Gasteiger partial charge in [-0.2, -0.15) is 0 Å². The Morgan fingerprint density at radius 1 is 1.29 bits per heavy atom. The first-order valence-electron chi connectivity index (χ1n) is 5.15. The fourth-order valence-electron chi connectivity index (χ4n) is 1.36. The summed E-state index contributed by atoms with van der Waals surface area (Å²) in [5.41, 5.74) is -0.0336. The van der Waals surface area contributed by atoms with Crippen molar-refractivity contribution in [3.63, 3.8) is 0 Å². The Balaban J connectivity index is 1.95. The number of nitrogens with zero attached hydrogens (tertiary/aromatic N) is 2.